The van der Waals surface area contributed by atoms with E-state index in [9.17, 15) is 0 Å². The summed E-state index contributed by atoms with van der Waals surface area (Å²) in [7, 11) is 0. The molecule has 0 heterocycles. The van der Waals surface area contributed by atoms with Crippen LogP contribution >= 0.6 is 0 Å². The van der Waals surface area contributed by atoms with Gasteiger partial charge in [-0.1, -0.05) is 20.8 Å². The fourth-order valence-electron chi connectivity index (χ4n) is 1.06. The largest absolute Gasteiger partial charge is 0.374 e. The van der Waals surface area contributed by atoms with Crippen LogP contribution in [0.25, 0.3) is 0 Å². The van der Waals surface area contributed by atoms with E-state index in [1.165, 1.54) is 0 Å². The van der Waals surface area contributed by atoms with Crippen molar-refractivity contribution >= 4 is 0 Å². The van der Waals surface area contributed by atoms with E-state index in [0.717, 1.165) is 12.8 Å². The Hall–Kier alpha value is -0.0800. The van der Waals surface area contributed by atoms with Crippen molar-refractivity contribution in [2.45, 2.75) is 66.0 Å². The van der Waals surface area contributed by atoms with Crippen LogP contribution in [0, 0.1) is 5.41 Å². The van der Waals surface area contributed by atoms with Gasteiger partial charge in [0.25, 0.3) is 0 Å². The van der Waals surface area contributed by atoms with Crippen LogP contribution in [0.4, 0.5) is 0 Å². The molecule has 2 N–H and O–H groups in total. The molecule has 0 spiro atoms. The van der Waals surface area contributed by atoms with E-state index in [0.29, 0.717) is 12.0 Å². The number of ether oxygens (including phenoxy) is 1. The van der Waals surface area contributed by atoms with E-state index >= 15 is 0 Å². The lowest BCUT2D eigenvalue weighted by Crippen LogP contribution is -2.32. The van der Waals surface area contributed by atoms with Crippen molar-refractivity contribution in [3.63, 3.8) is 0 Å². The molecule has 1 atom stereocenters. The molecule has 0 amide bonds. The Kier molecular flexibility index (Phi) is 5.10. The molecule has 0 bridgehead atoms. The molecule has 2 nitrogen and oxygen atoms in total. The number of nitrogens with two attached hydrogens (primary N) is 1. The van der Waals surface area contributed by atoms with E-state index in [2.05, 4.69) is 41.5 Å². The fourth-order valence-corrected chi connectivity index (χ4v) is 1.06. The Labute approximate surface area is 89.2 Å². The molecule has 0 aromatic heterocycles. The van der Waals surface area contributed by atoms with Crippen molar-refractivity contribution in [3.05, 3.63) is 0 Å². The van der Waals surface area contributed by atoms with Crippen molar-refractivity contribution in [3.8, 4) is 0 Å². The molecule has 0 rings (SSSR count). The summed E-state index contributed by atoms with van der Waals surface area (Å²) in [6.45, 7) is 13.6. The Morgan fingerprint density at radius 1 is 1.07 bits per heavy atom. The van der Waals surface area contributed by atoms with E-state index in [4.69, 9.17) is 10.5 Å². The minimum absolute atomic E-state index is 0.0701. The highest BCUT2D eigenvalue weighted by Crippen LogP contribution is 2.21. The van der Waals surface area contributed by atoms with E-state index in [1.54, 1.807) is 0 Å². The summed E-state index contributed by atoms with van der Waals surface area (Å²) >= 11 is 0. The highest BCUT2D eigenvalue weighted by Gasteiger charge is 2.15. The predicted molar refractivity (Wildman–Crippen MR) is 62.4 cm³/mol. The molecule has 1 unspecified atom stereocenters. The highest BCUT2D eigenvalue weighted by molar-refractivity contribution is 4.69. The first-order chi connectivity index (χ1) is 6.10. The van der Waals surface area contributed by atoms with Gasteiger partial charge in [0.05, 0.1) is 12.2 Å². The predicted octanol–water partition coefficient (Wildman–Crippen LogP) is 2.96. The second kappa shape index (κ2) is 5.13. The van der Waals surface area contributed by atoms with Gasteiger partial charge in [-0.25, -0.2) is 0 Å². The molecule has 0 aliphatic carbocycles. The lowest BCUT2D eigenvalue weighted by atomic mass is 9.89. The summed E-state index contributed by atoms with van der Waals surface area (Å²) < 4.78 is 5.63. The first kappa shape index (κ1) is 13.9. The minimum Gasteiger partial charge on any atom is -0.374 e. The quantitative estimate of drug-likeness (QED) is 0.759. The maximum atomic E-state index is 5.96. The van der Waals surface area contributed by atoms with Crippen LogP contribution in [0.5, 0.6) is 0 Å². The number of hydrogen-bond acceptors (Lipinski definition) is 2. The van der Waals surface area contributed by atoms with Gasteiger partial charge in [-0.2, -0.15) is 0 Å². The third-order valence-electron chi connectivity index (χ3n) is 2.00. The molecule has 0 aliphatic rings. The van der Waals surface area contributed by atoms with E-state index < -0.39 is 0 Å². The summed E-state index contributed by atoms with van der Waals surface area (Å²) in [5, 5.41) is 0. The van der Waals surface area contributed by atoms with Crippen molar-refractivity contribution in [2.75, 3.05) is 6.61 Å². The molecule has 0 saturated heterocycles. The smallest absolute Gasteiger partial charge is 0.0624 e. The molecule has 0 radical (unpaired) electrons. The maximum absolute atomic E-state index is 5.96. The Morgan fingerprint density at radius 3 is 1.93 bits per heavy atom. The molecule has 0 fully saturated rings. The second-order valence-corrected chi connectivity index (χ2v) is 6.28. The summed E-state index contributed by atoms with van der Waals surface area (Å²) in [5.41, 5.74) is 6.27. The van der Waals surface area contributed by atoms with Crippen LogP contribution in [-0.2, 0) is 4.74 Å². The van der Waals surface area contributed by atoms with Crippen molar-refractivity contribution < 1.29 is 4.74 Å². The van der Waals surface area contributed by atoms with Gasteiger partial charge in [0.15, 0.2) is 0 Å². The molecule has 0 saturated carbocycles. The van der Waals surface area contributed by atoms with Gasteiger partial charge < -0.3 is 10.5 Å². The van der Waals surface area contributed by atoms with Crippen LogP contribution in [0.15, 0.2) is 0 Å². The van der Waals surface area contributed by atoms with E-state index in [-0.39, 0.29) is 11.6 Å². The molecule has 2 heteroatoms. The topological polar surface area (TPSA) is 35.2 Å². The third-order valence-corrected chi connectivity index (χ3v) is 2.00. The second-order valence-electron chi connectivity index (χ2n) is 6.28. The standard InChI is InChI=1S/C12H27NO/c1-11(2,3)8-7-10(13)9-14-12(4,5)6/h10H,7-9,13H2,1-6H3. The Bertz CT molecular complexity index is 135. The maximum Gasteiger partial charge on any atom is 0.0624 e. The molecule has 0 aromatic carbocycles. The average Bonchev–Trinajstić information content (AvgIpc) is 1.94. The van der Waals surface area contributed by atoms with Crippen LogP contribution in [0.3, 0.4) is 0 Å². The Morgan fingerprint density at radius 2 is 1.57 bits per heavy atom. The summed E-state index contributed by atoms with van der Waals surface area (Å²) in [4.78, 5) is 0. The van der Waals surface area contributed by atoms with Gasteiger partial charge in [-0.15, -0.1) is 0 Å². The van der Waals surface area contributed by atoms with Crippen molar-refractivity contribution in [2.24, 2.45) is 11.1 Å². The SMILES string of the molecule is CC(C)(C)CCC(N)COC(C)(C)C. The Balaban J connectivity index is 3.62. The molecule has 0 aromatic rings. The fraction of sp³-hybridized carbons (Fsp3) is 1.00. The summed E-state index contributed by atoms with van der Waals surface area (Å²) in [6.07, 6.45) is 2.20. The van der Waals surface area contributed by atoms with Crippen LogP contribution in [0.2, 0.25) is 0 Å². The first-order valence-corrected chi connectivity index (χ1v) is 5.50. The molecule has 0 aliphatic heterocycles. The monoisotopic (exact) mass is 201 g/mol. The van der Waals surface area contributed by atoms with Gasteiger partial charge in [0.2, 0.25) is 0 Å². The van der Waals surface area contributed by atoms with Crippen LogP contribution in [-0.4, -0.2) is 18.2 Å². The number of hydrogen-bond donors (Lipinski definition) is 1. The molecule has 86 valence electrons. The summed E-state index contributed by atoms with van der Waals surface area (Å²) in [5.74, 6) is 0. The van der Waals surface area contributed by atoms with Gasteiger partial charge in [0.1, 0.15) is 0 Å². The normalized spacial score (nSPS) is 15.6. The zero-order valence-corrected chi connectivity index (χ0v) is 10.7. The average molecular weight is 201 g/mol. The highest BCUT2D eigenvalue weighted by atomic mass is 16.5. The minimum atomic E-state index is -0.0701. The molecule has 14 heavy (non-hydrogen) atoms. The van der Waals surface area contributed by atoms with Gasteiger partial charge in [0, 0.05) is 6.04 Å². The van der Waals surface area contributed by atoms with Gasteiger partial charge in [-0.05, 0) is 39.0 Å². The van der Waals surface area contributed by atoms with Crippen molar-refractivity contribution in [1.82, 2.24) is 0 Å². The first-order valence-electron chi connectivity index (χ1n) is 5.50. The molecular weight excluding hydrogens is 174 g/mol. The zero-order valence-electron chi connectivity index (χ0n) is 10.7. The van der Waals surface area contributed by atoms with Crippen LogP contribution < -0.4 is 5.73 Å². The van der Waals surface area contributed by atoms with Gasteiger partial charge >= 0.3 is 0 Å². The van der Waals surface area contributed by atoms with Gasteiger partial charge in [-0.3, -0.25) is 0 Å². The number of rotatable bonds is 4. The lowest BCUT2D eigenvalue weighted by molar-refractivity contribution is -0.0117. The van der Waals surface area contributed by atoms with Crippen molar-refractivity contribution in [1.29, 1.82) is 0 Å². The lowest BCUT2D eigenvalue weighted by Gasteiger charge is -2.24. The summed E-state index contributed by atoms with van der Waals surface area (Å²) in [6, 6.07) is 0.174. The molecular formula is C12H27NO. The zero-order chi connectivity index (χ0) is 11.4. The third kappa shape index (κ3) is 10.0. The van der Waals surface area contributed by atoms with Crippen LogP contribution in [0.1, 0.15) is 54.4 Å². The van der Waals surface area contributed by atoms with E-state index in [1.807, 2.05) is 0 Å².